The number of aldehydes is 1. The van der Waals surface area contributed by atoms with Crippen LogP contribution in [-0.4, -0.2) is 43.4 Å². The van der Waals surface area contributed by atoms with E-state index in [1.807, 2.05) is 0 Å². The molecular weight excluding hydrogens is 146 g/mol. The molecule has 0 N–H and O–H groups in total. The molecule has 0 amide bonds. The number of carbonyl (C=O) groups excluding carboxylic acids is 2. The molecule has 0 unspecified atom stereocenters. The van der Waals surface area contributed by atoms with Crippen LogP contribution < -0.4 is 0 Å². The van der Waals surface area contributed by atoms with Gasteiger partial charge in [-0.2, -0.15) is 0 Å². The quantitative estimate of drug-likeness (QED) is 0.398. The number of carbonyl (C=O) groups is 2. The Morgan fingerprint density at radius 2 is 2.45 bits per heavy atom. The van der Waals surface area contributed by atoms with Gasteiger partial charge in [-0.15, -0.1) is 0 Å². The summed E-state index contributed by atoms with van der Waals surface area (Å²) in [7, 11) is 0. The molecule has 0 aromatic rings. The Kier molecular flexibility index (Phi) is 3.04. The Balaban J connectivity index is 2.38. The first-order chi connectivity index (χ1) is 5.33. The monoisotopic (exact) mass is 157 g/mol. The zero-order chi connectivity index (χ0) is 8.10. The van der Waals surface area contributed by atoms with Gasteiger partial charge in [-0.25, -0.2) is 0 Å². The molecule has 0 aliphatic carbocycles. The largest absolute Gasteiger partial charge is 0.465 e. The summed E-state index contributed by atoms with van der Waals surface area (Å²) in [6.45, 7) is 1.83. The lowest BCUT2D eigenvalue weighted by atomic mass is 10.4. The smallest absolute Gasteiger partial charge is 0.320 e. The fourth-order valence-corrected chi connectivity index (χ4v) is 1.04. The van der Waals surface area contributed by atoms with Crippen molar-refractivity contribution in [2.75, 3.05) is 26.2 Å². The van der Waals surface area contributed by atoms with E-state index in [2.05, 4.69) is 0 Å². The molecule has 1 rings (SSSR count). The van der Waals surface area contributed by atoms with Crippen LogP contribution in [0.2, 0.25) is 0 Å². The van der Waals surface area contributed by atoms with E-state index >= 15 is 0 Å². The van der Waals surface area contributed by atoms with Crippen LogP contribution in [0.15, 0.2) is 0 Å². The van der Waals surface area contributed by atoms with Gasteiger partial charge in [0.25, 0.3) is 0 Å². The van der Waals surface area contributed by atoms with Gasteiger partial charge in [0, 0.05) is 6.54 Å². The minimum Gasteiger partial charge on any atom is -0.465 e. The van der Waals surface area contributed by atoms with Crippen LogP contribution in [0.1, 0.15) is 6.42 Å². The van der Waals surface area contributed by atoms with E-state index in [0.29, 0.717) is 13.2 Å². The topological polar surface area (TPSA) is 46.6 Å². The van der Waals surface area contributed by atoms with Crippen LogP contribution >= 0.6 is 0 Å². The van der Waals surface area contributed by atoms with Crippen molar-refractivity contribution in [2.24, 2.45) is 0 Å². The van der Waals surface area contributed by atoms with Gasteiger partial charge in [0.1, 0.15) is 6.29 Å². The molecule has 0 aromatic heterocycles. The van der Waals surface area contributed by atoms with Crippen LogP contribution in [-0.2, 0) is 14.3 Å². The molecule has 1 aliphatic rings. The lowest BCUT2D eigenvalue weighted by molar-refractivity contribution is -0.142. The van der Waals surface area contributed by atoms with Gasteiger partial charge in [0.15, 0.2) is 0 Å². The molecular formula is C7H11NO3. The SMILES string of the molecule is O=CCN1CCCOC(=O)C1. The lowest BCUT2D eigenvalue weighted by Crippen LogP contribution is -2.30. The molecule has 4 heteroatoms. The van der Waals surface area contributed by atoms with Gasteiger partial charge < -0.3 is 9.53 Å². The van der Waals surface area contributed by atoms with E-state index in [1.165, 1.54) is 0 Å². The van der Waals surface area contributed by atoms with Gasteiger partial charge in [-0.3, -0.25) is 9.69 Å². The van der Waals surface area contributed by atoms with E-state index in [1.54, 1.807) is 4.90 Å². The molecule has 0 radical (unpaired) electrons. The fourth-order valence-electron chi connectivity index (χ4n) is 1.04. The first-order valence-corrected chi connectivity index (χ1v) is 3.64. The second-order valence-electron chi connectivity index (χ2n) is 2.48. The average Bonchev–Trinajstić information content (AvgIpc) is 2.15. The summed E-state index contributed by atoms with van der Waals surface area (Å²) in [6.07, 6.45) is 1.62. The number of hydrogen-bond donors (Lipinski definition) is 0. The number of esters is 1. The molecule has 1 aliphatic heterocycles. The molecule has 1 saturated heterocycles. The first-order valence-electron chi connectivity index (χ1n) is 3.64. The van der Waals surface area contributed by atoms with Crippen LogP contribution in [0.5, 0.6) is 0 Å². The van der Waals surface area contributed by atoms with Gasteiger partial charge >= 0.3 is 5.97 Å². The van der Waals surface area contributed by atoms with Crippen LogP contribution in [0.3, 0.4) is 0 Å². The van der Waals surface area contributed by atoms with Gasteiger partial charge in [-0.05, 0) is 6.42 Å². The van der Waals surface area contributed by atoms with Crippen LogP contribution in [0.4, 0.5) is 0 Å². The molecule has 0 saturated carbocycles. The van der Waals surface area contributed by atoms with Crippen molar-refractivity contribution in [3.05, 3.63) is 0 Å². The zero-order valence-corrected chi connectivity index (χ0v) is 6.28. The van der Waals surface area contributed by atoms with Crippen LogP contribution in [0, 0.1) is 0 Å². The Hall–Kier alpha value is -0.900. The maximum atomic E-state index is 10.8. The molecule has 0 bridgehead atoms. The molecule has 1 fully saturated rings. The number of cyclic esters (lactones) is 1. The normalized spacial score (nSPS) is 20.5. The molecule has 4 nitrogen and oxygen atoms in total. The lowest BCUT2D eigenvalue weighted by Gasteiger charge is -2.12. The third kappa shape index (κ3) is 2.67. The van der Waals surface area contributed by atoms with Crippen molar-refractivity contribution >= 4 is 12.3 Å². The number of hydrogen-bond acceptors (Lipinski definition) is 4. The highest BCUT2D eigenvalue weighted by Gasteiger charge is 2.14. The van der Waals surface area contributed by atoms with Crippen LogP contribution in [0.25, 0.3) is 0 Å². The summed E-state index contributed by atoms with van der Waals surface area (Å²) in [5.74, 6) is -0.232. The minimum absolute atomic E-state index is 0.232. The zero-order valence-electron chi connectivity index (χ0n) is 6.28. The Labute approximate surface area is 65.1 Å². The van der Waals surface area contributed by atoms with E-state index in [0.717, 1.165) is 19.3 Å². The summed E-state index contributed by atoms with van der Waals surface area (Å²) in [6, 6.07) is 0. The van der Waals surface area contributed by atoms with Gasteiger partial charge in [0.2, 0.25) is 0 Å². The Bertz CT molecular complexity index is 158. The maximum Gasteiger partial charge on any atom is 0.320 e. The molecule has 11 heavy (non-hydrogen) atoms. The second-order valence-corrected chi connectivity index (χ2v) is 2.48. The van der Waals surface area contributed by atoms with E-state index in [4.69, 9.17) is 4.74 Å². The third-order valence-electron chi connectivity index (χ3n) is 1.57. The molecule has 1 heterocycles. The molecule has 0 aromatic carbocycles. The fraction of sp³-hybridized carbons (Fsp3) is 0.714. The van der Waals surface area contributed by atoms with Crippen molar-refractivity contribution in [3.8, 4) is 0 Å². The summed E-state index contributed by atoms with van der Waals surface area (Å²) in [5, 5.41) is 0. The highest BCUT2D eigenvalue weighted by atomic mass is 16.5. The molecule has 0 atom stereocenters. The summed E-state index contributed by atoms with van der Waals surface area (Å²) in [5.41, 5.74) is 0. The molecule has 0 spiro atoms. The summed E-state index contributed by atoms with van der Waals surface area (Å²) >= 11 is 0. The summed E-state index contributed by atoms with van der Waals surface area (Å²) < 4.78 is 4.78. The average molecular weight is 157 g/mol. The van der Waals surface area contributed by atoms with Crippen molar-refractivity contribution < 1.29 is 14.3 Å². The van der Waals surface area contributed by atoms with Gasteiger partial charge in [-0.1, -0.05) is 0 Å². The van der Waals surface area contributed by atoms with Crippen molar-refractivity contribution in [2.45, 2.75) is 6.42 Å². The number of ether oxygens (including phenoxy) is 1. The van der Waals surface area contributed by atoms with Gasteiger partial charge in [0.05, 0.1) is 19.7 Å². The highest BCUT2D eigenvalue weighted by molar-refractivity contribution is 5.72. The first kappa shape index (κ1) is 8.20. The van der Waals surface area contributed by atoms with Crippen molar-refractivity contribution in [1.29, 1.82) is 0 Å². The standard InChI is InChI=1S/C7H11NO3/c9-4-3-8-2-1-5-11-7(10)6-8/h4H,1-3,5-6H2. The highest BCUT2D eigenvalue weighted by Crippen LogP contribution is 1.98. The minimum atomic E-state index is -0.232. The van der Waals surface area contributed by atoms with E-state index in [9.17, 15) is 9.59 Å². The van der Waals surface area contributed by atoms with E-state index in [-0.39, 0.29) is 12.5 Å². The second kappa shape index (κ2) is 4.08. The Morgan fingerprint density at radius 3 is 3.18 bits per heavy atom. The van der Waals surface area contributed by atoms with E-state index < -0.39 is 0 Å². The summed E-state index contributed by atoms with van der Waals surface area (Å²) in [4.78, 5) is 22.7. The number of rotatable bonds is 2. The predicted molar refractivity (Wildman–Crippen MR) is 38.1 cm³/mol. The Morgan fingerprint density at radius 1 is 1.64 bits per heavy atom. The predicted octanol–water partition coefficient (Wildman–Crippen LogP) is -0.566. The van der Waals surface area contributed by atoms with Crippen molar-refractivity contribution in [1.82, 2.24) is 4.90 Å². The maximum absolute atomic E-state index is 10.8. The number of nitrogens with zero attached hydrogens (tertiary/aromatic N) is 1. The van der Waals surface area contributed by atoms with Crippen molar-refractivity contribution in [3.63, 3.8) is 0 Å². The molecule has 62 valence electrons. The third-order valence-corrected chi connectivity index (χ3v) is 1.57.